The second-order valence-electron chi connectivity index (χ2n) is 2.79. The number of thioether (sulfide) groups is 1. The summed E-state index contributed by atoms with van der Waals surface area (Å²) >= 11 is 1.42. The van der Waals surface area contributed by atoms with Crippen molar-refractivity contribution >= 4 is 23.3 Å². The molecule has 0 spiro atoms. The van der Waals surface area contributed by atoms with Gasteiger partial charge in [0.25, 0.3) is 0 Å². The molecule has 0 rings (SSSR count). The number of nitrogens with two attached hydrogens (primary N) is 1. The summed E-state index contributed by atoms with van der Waals surface area (Å²) in [6.45, 7) is 1.52. The molecule has 0 aromatic rings. The molecule has 4 nitrogen and oxygen atoms in total. The minimum absolute atomic E-state index is 0.102. The molecule has 80 valence electrons. The van der Waals surface area contributed by atoms with Crippen LogP contribution in [0, 0.1) is 0 Å². The van der Waals surface area contributed by atoms with E-state index in [-0.39, 0.29) is 17.6 Å². The molecule has 0 bridgehead atoms. The van der Waals surface area contributed by atoms with E-state index < -0.39 is 0 Å². The lowest BCUT2D eigenvalue weighted by molar-refractivity contribution is -0.116. The maximum atomic E-state index is 11.4. The van der Waals surface area contributed by atoms with Crippen molar-refractivity contribution < 1.29 is 11.0 Å². The Kier molecular flexibility index (Phi) is 6.10. The van der Waals surface area contributed by atoms with Gasteiger partial charge in [-0.3, -0.25) is 9.59 Å². The van der Waals surface area contributed by atoms with E-state index in [1.807, 2.05) is 5.73 Å². The van der Waals surface area contributed by atoms with Gasteiger partial charge in [0.2, 0.25) is 0 Å². The zero-order valence-corrected chi connectivity index (χ0v) is 9.19. The van der Waals surface area contributed by atoms with Crippen molar-refractivity contribution in [1.82, 2.24) is 5.32 Å². The van der Waals surface area contributed by atoms with Gasteiger partial charge in [0.15, 0.2) is 7.20 Å². The van der Waals surface area contributed by atoms with Gasteiger partial charge in [0, 0.05) is 5.75 Å². The smallest absolute Gasteiger partial charge is 0.174 e. The minimum Gasteiger partial charge on any atom is -0.404 e. The van der Waals surface area contributed by atoms with Gasteiger partial charge in [-0.2, -0.15) is 11.8 Å². The fourth-order valence-corrected chi connectivity index (χ4v) is 1.80. The molecule has 0 radical (unpaired) electrons. The van der Waals surface area contributed by atoms with Crippen molar-refractivity contribution in [1.29, 1.82) is 0 Å². The highest BCUT2D eigenvalue weighted by Crippen LogP contribution is 2.04. The van der Waals surface area contributed by atoms with Crippen LogP contribution in [0.5, 0.6) is 0 Å². The maximum Gasteiger partial charge on any atom is 0.174 e. The lowest BCUT2D eigenvalue weighted by Gasteiger charge is -2.11. The van der Waals surface area contributed by atoms with Crippen molar-refractivity contribution in [3.63, 3.8) is 0 Å². The summed E-state index contributed by atoms with van der Waals surface area (Å²) in [5.41, 5.74) is 2.01. The Morgan fingerprint density at radius 3 is 2.93 bits per heavy atom. The summed E-state index contributed by atoms with van der Waals surface area (Å²) < 4.78 is 6.63. The molecule has 0 saturated carbocycles. The predicted molar refractivity (Wildman–Crippen MR) is 59.2 cm³/mol. The molecular weight excluding hydrogens is 200 g/mol. The van der Waals surface area contributed by atoms with Gasteiger partial charge in [-0.25, -0.2) is 0 Å². The van der Waals surface area contributed by atoms with E-state index in [1.165, 1.54) is 31.0 Å². The van der Waals surface area contributed by atoms with Crippen LogP contribution in [0.25, 0.3) is 0 Å². The Labute approximate surface area is 89.8 Å². The highest BCUT2D eigenvalue weighted by molar-refractivity contribution is 8.00. The highest BCUT2D eigenvalue weighted by Gasteiger charge is 2.13. The number of hydrogen-bond donors (Lipinski definition) is 2. The summed E-state index contributed by atoms with van der Waals surface area (Å²) in [5, 5.41) is 2.86. The Morgan fingerprint density at radius 2 is 2.43 bits per heavy atom. The van der Waals surface area contributed by atoms with Crippen LogP contribution in [-0.4, -0.2) is 36.2 Å². The summed E-state index contributed by atoms with van der Waals surface area (Å²) in [7, 11) is 1.69. The molecule has 0 amide bonds. The van der Waals surface area contributed by atoms with Gasteiger partial charge in [-0.05, 0) is 26.2 Å². The van der Waals surface area contributed by atoms with Crippen LogP contribution in [0.2, 0.25) is 1.41 Å². The quantitative estimate of drug-likeness (QED) is 0.558. The third-order valence-electron chi connectivity index (χ3n) is 1.53. The molecule has 0 aromatic heterocycles. The van der Waals surface area contributed by atoms with E-state index in [4.69, 9.17) is 1.41 Å². The first-order valence-electron chi connectivity index (χ1n) is 4.74. The average molecular weight is 218 g/mol. The van der Waals surface area contributed by atoms with Gasteiger partial charge < -0.3 is 11.0 Å². The molecular formula is C9H16N2O2S. The van der Waals surface area contributed by atoms with E-state index >= 15 is 0 Å². The number of likely N-dealkylation sites (N-methyl/N-ethyl adjacent to an activating group) is 1. The van der Waals surface area contributed by atoms with Crippen molar-refractivity contribution in [3.8, 4) is 0 Å². The Balaban J connectivity index is 3.95. The van der Waals surface area contributed by atoms with Gasteiger partial charge in [-0.1, -0.05) is 0 Å². The lowest BCUT2D eigenvalue weighted by Crippen LogP contribution is -2.35. The second kappa shape index (κ2) is 7.58. The molecule has 0 aliphatic rings. The molecule has 0 aliphatic heterocycles. The maximum absolute atomic E-state index is 11.4. The van der Waals surface area contributed by atoms with Crippen molar-refractivity contribution in [3.05, 3.63) is 12.3 Å². The van der Waals surface area contributed by atoms with Crippen LogP contribution in [0.15, 0.2) is 12.3 Å². The monoisotopic (exact) mass is 218 g/mol. The summed E-state index contributed by atoms with van der Waals surface area (Å²) in [5.74, 6) is 0.974. The first kappa shape index (κ1) is 11.3. The van der Waals surface area contributed by atoms with Crippen molar-refractivity contribution in [2.45, 2.75) is 13.0 Å². The normalized spacial score (nSPS) is 13.7. The predicted octanol–water partition coefficient (Wildman–Crippen LogP) is -0.0619. The zero-order valence-electron chi connectivity index (χ0n) is 9.37. The molecule has 0 heterocycles. The molecule has 0 fully saturated rings. The first-order valence-corrected chi connectivity index (χ1v) is 5.39. The highest BCUT2D eigenvalue weighted by atomic mass is 32.2. The Hall–Kier alpha value is -0.810. The fourth-order valence-electron chi connectivity index (χ4n) is 0.827. The fraction of sp³-hybridized carbons (Fsp3) is 0.556. The van der Waals surface area contributed by atoms with Crippen LogP contribution in [0.4, 0.5) is 0 Å². The van der Waals surface area contributed by atoms with Gasteiger partial charge in [0.05, 0.1) is 11.8 Å². The number of ketones is 2. The Morgan fingerprint density at radius 1 is 1.71 bits per heavy atom. The average Bonchev–Trinajstić information content (AvgIpc) is 2.20. The summed E-state index contributed by atoms with van der Waals surface area (Å²) in [4.78, 5) is 22.1. The van der Waals surface area contributed by atoms with Crippen molar-refractivity contribution in [2.75, 3.05) is 18.6 Å². The van der Waals surface area contributed by atoms with Gasteiger partial charge >= 0.3 is 0 Å². The van der Waals surface area contributed by atoms with E-state index in [0.717, 1.165) is 0 Å². The first-order chi connectivity index (χ1) is 7.11. The van der Waals surface area contributed by atoms with Gasteiger partial charge in [0.1, 0.15) is 5.78 Å². The van der Waals surface area contributed by atoms with Gasteiger partial charge in [-0.15, -0.1) is 0 Å². The lowest BCUT2D eigenvalue weighted by atomic mass is 10.2. The van der Waals surface area contributed by atoms with Crippen molar-refractivity contribution in [2.24, 2.45) is 5.73 Å². The molecule has 0 saturated heterocycles. The van der Waals surface area contributed by atoms with E-state index in [0.29, 0.717) is 11.5 Å². The number of rotatable bonds is 8. The van der Waals surface area contributed by atoms with Crippen LogP contribution in [0.1, 0.15) is 6.92 Å². The Bertz CT molecular complexity index is 246. The third kappa shape index (κ3) is 5.77. The molecule has 0 aliphatic carbocycles. The summed E-state index contributed by atoms with van der Waals surface area (Å²) in [6, 6.07) is -0.307. The molecule has 3 N–H and O–H groups in total. The number of hydrogen-bond acceptors (Lipinski definition) is 5. The zero-order chi connectivity index (χ0) is 11.7. The summed E-state index contributed by atoms with van der Waals surface area (Å²) in [6.07, 6.45) is 2.57. The van der Waals surface area contributed by atoms with Crippen LogP contribution in [-0.2, 0) is 9.59 Å². The van der Waals surface area contributed by atoms with Crippen LogP contribution in [0.3, 0.4) is 0 Å². The number of nitrogens with one attached hydrogen (secondary N) is 1. The van der Waals surface area contributed by atoms with Crippen LogP contribution >= 0.6 is 11.8 Å². The second-order valence-corrected chi connectivity index (χ2v) is 3.82. The van der Waals surface area contributed by atoms with E-state index in [9.17, 15) is 9.59 Å². The SMILES string of the molecule is [3H]NC=CC(=O)[C@H](CSCC(C)=O)NC. The van der Waals surface area contributed by atoms with E-state index in [1.54, 1.807) is 7.05 Å². The van der Waals surface area contributed by atoms with Crippen LogP contribution < -0.4 is 11.0 Å². The third-order valence-corrected chi connectivity index (χ3v) is 2.71. The largest absolute Gasteiger partial charge is 0.404 e. The van der Waals surface area contributed by atoms with E-state index in [2.05, 4.69) is 5.32 Å². The molecule has 0 unspecified atom stereocenters. The number of carbonyl (C=O) groups excluding carboxylic acids is 2. The molecule has 1 atom stereocenters. The standard InChI is InChI=1S/C9H16N2O2S/c1-7(12)5-14-6-8(11-2)9(13)3-4-10/h3-4,8,11H,5-6,10H2,1-2H3/t8-/m0/s1/i/hT. The molecule has 14 heavy (non-hydrogen) atoms. The molecule has 5 heteroatoms. The topological polar surface area (TPSA) is 72.2 Å². The minimum atomic E-state index is -0.307. The number of carbonyl (C=O) groups is 2. The molecule has 0 aromatic carbocycles. The number of Topliss-reactive ketones (excluding diaryl/α,β-unsaturated/α-hetero) is 1.